The second-order valence-corrected chi connectivity index (χ2v) is 5.21. The average molecular weight is 294 g/mol. The van der Waals surface area contributed by atoms with E-state index >= 15 is 0 Å². The molecule has 0 fully saturated rings. The number of fused-ring (bicyclic) bond motifs is 1. The van der Waals surface area contributed by atoms with Crippen LogP contribution < -0.4 is 0 Å². The van der Waals surface area contributed by atoms with Gasteiger partial charge in [0.1, 0.15) is 5.51 Å². The van der Waals surface area contributed by atoms with E-state index in [1.54, 1.807) is 11.3 Å². The van der Waals surface area contributed by atoms with Gasteiger partial charge in [-0.3, -0.25) is 0 Å². The highest BCUT2D eigenvalue weighted by Gasteiger charge is 2.12. The fourth-order valence-electron chi connectivity index (χ4n) is 1.73. The number of hydrogen-bond donors (Lipinski definition) is 0. The Hall–Kier alpha value is -1.20. The Bertz CT molecular complexity index is 639. The minimum atomic E-state index is 0.940. The van der Waals surface area contributed by atoms with Crippen molar-refractivity contribution in [3.05, 3.63) is 39.9 Å². The molecule has 2 aromatic heterocycles. The van der Waals surface area contributed by atoms with E-state index in [-0.39, 0.29) is 0 Å². The predicted molar refractivity (Wildman–Crippen MR) is 68.7 cm³/mol. The number of hydrogen-bond acceptors (Lipinski definition) is 3. The van der Waals surface area contributed by atoms with Crippen molar-refractivity contribution < 1.29 is 0 Å². The lowest BCUT2D eigenvalue weighted by atomic mass is 10.1. The standard InChI is InChI=1S/C11H8BrN3S/c1-7-10(8-2-4-9(12)5-3-8)15-11(14-7)16-6-13-15/h2-6H,1H3. The van der Waals surface area contributed by atoms with Crippen LogP contribution in [0.4, 0.5) is 0 Å². The molecular formula is C11H8BrN3S. The first kappa shape index (κ1) is 9.99. The molecule has 3 aromatic rings. The second kappa shape index (κ2) is 3.68. The van der Waals surface area contributed by atoms with Crippen molar-refractivity contribution in [2.45, 2.75) is 6.92 Å². The normalized spacial score (nSPS) is 11.1. The minimum Gasteiger partial charge on any atom is -0.222 e. The third-order valence-corrected chi connectivity index (χ3v) is 3.64. The van der Waals surface area contributed by atoms with Gasteiger partial charge < -0.3 is 0 Å². The molecule has 80 valence electrons. The maximum atomic E-state index is 4.48. The molecular weight excluding hydrogens is 286 g/mol. The lowest BCUT2D eigenvalue weighted by molar-refractivity contribution is 0.978. The monoisotopic (exact) mass is 293 g/mol. The number of aromatic nitrogens is 3. The third kappa shape index (κ3) is 1.47. The second-order valence-electron chi connectivity index (χ2n) is 3.49. The van der Waals surface area contributed by atoms with E-state index < -0.39 is 0 Å². The highest BCUT2D eigenvalue weighted by molar-refractivity contribution is 9.10. The number of rotatable bonds is 1. The van der Waals surface area contributed by atoms with Gasteiger partial charge in [0.05, 0.1) is 11.4 Å². The van der Waals surface area contributed by atoms with Crippen LogP contribution in [-0.4, -0.2) is 14.6 Å². The Morgan fingerprint density at radius 2 is 2.00 bits per heavy atom. The van der Waals surface area contributed by atoms with Crippen LogP contribution in [0.15, 0.2) is 34.2 Å². The Balaban J connectivity index is 2.28. The maximum absolute atomic E-state index is 4.48. The first-order valence-corrected chi connectivity index (χ1v) is 6.48. The number of nitrogens with zero attached hydrogens (tertiary/aromatic N) is 3. The van der Waals surface area contributed by atoms with Crippen LogP contribution in [0.1, 0.15) is 5.69 Å². The van der Waals surface area contributed by atoms with Gasteiger partial charge in [-0.05, 0) is 19.1 Å². The molecule has 0 unspecified atom stereocenters. The van der Waals surface area contributed by atoms with Crippen LogP contribution in [0.25, 0.3) is 16.2 Å². The molecule has 0 aliphatic heterocycles. The van der Waals surface area contributed by atoms with Crippen LogP contribution in [0, 0.1) is 6.92 Å². The van der Waals surface area contributed by atoms with Crippen LogP contribution in [0.5, 0.6) is 0 Å². The van der Waals surface area contributed by atoms with Crippen molar-refractivity contribution in [1.29, 1.82) is 0 Å². The summed E-state index contributed by atoms with van der Waals surface area (Å²) in [6.07, 6.45) is 0. The number of imidazole rings is 1. The molecule has 0 aliphatic carbocycles. The van der Waals surface area contributed by atoms with Crippen molar-refractivity contribution in [3.8, 4) is 11.3 Å². The largest absolute Gasteiger partial charge is 0.222 e. The van der Waals surface area contributed by atoms with Crippen LogP contribution in [0.3, 0.4) is 0 Å². The lowest BCUT2D eigenvalue weighted by Gasteiger charge is -2.00. The Labute approximate surface area is 105 Å². The third-order valence-electron chi connectivity index (χ3n) is 2.44. The van der Waals surface area contributed by atoms with Gasteiger partial charge >= 0.3 is 0 Å². The molecule has 0 radical (unpaired) electrons. The molecule has 5 heteroatoms. The number of aryl methyl sites for hydroxylation is 1. The molecule has 0 spiro atoms. The summed E-state index contributed by atoms with van der Waals surface area (Å²) in [6, 6.07) is 8.20. The van der Waals surface area contributed by atoms with Gasteiger partial charge in [0, 0.05) is 10.0 Å². The van der Waals surface area contributed by atoms with E-state index in [0.29, 0.717) is 0 Å². The van der Waals surface area contributed by atoms with Crippen molar-refractivity contribution in [2.75, 3.05) is 0 Å². The Kier molecular flexibility index (Phi) is 2.29. The van der Waals surface area contributed by atoms with E-state index in [1.165, 1.54) is 0 Å². The summed E-state index contributed by atoms with van der Waals surface area (Å²) < 4.78 is 2.97. The SMILES string of the molecule is Cc1nc2scnn2c1-c1ccc(Br)cc1. The van der Waals surface area contributed by atoms with Gasteiger partial charge in [-0.2, -0.15) is 5.10 Å². The van der Waals surface area contributed by atoms with Gasteiger partial charge in [-0.25, -0.2) is 9.50 Å². The Morgan fingerprint density at radius 3 is 2.75 bits per heavy atom. The molecule has 0 aliphatic rings. The minimum absolute atomic E-state index is 0.940. The summed E-state index contributed by atoms with van der Waals surface area (Å²) >= 11 is 4.99. The molecule has 0 amide bonds. The van der Waals surface area contributed by atoms with Crippen LogP contribution in [0.2, 0.25) is 0 Å². The topological polar surface area (TPSA) is 30.2 Å². The predicted octanol–water partition coefficient (Wildman–Crippen LogP) is 3.53. The molecule has 0 atom stereocenters. The lowest BCUT2D eigenvalue weighted by Crippen LogP contribution is -1.89. The molecule has 0 saturated carbocycles. The van der Waals surface area contributed by atoms with Gasteiger partial charge in [0.15, 0.2) is 0 Å². The van der Waals surface area contributed by atoms with E-state index in [1.807, 2.05) is 29.1 Å². The van der Waals surface area contributed by atoms with Gasteiger partial charge in [0.25, 0.3) is 0 Å². The van der Waals surface area contributed by atoms with Crippen LogP contribution in [-0.2, 0) is 0 Å². The molecule has 1 aromatic carbocycles. The molecule has 2 heterocycles. The highest BCUT2D eigenvalue weighted by Crippen LogP contribution is 2.26. The molecule has 3 rings (SSSR count). The fourth-order valence-corrected chi connectivity index (χ4v) is 2.66. The summed E-state index contributed by atoms with van der Waals surface area (Å²) in [6.45, 7) is 2.01. The zero-order valence-corrected chi connectivity index (χ0v) is 10.9. The van der Waals surface area contributed by atoms with Crippen molar-refractivity contribution >= 4 is 32.2 Å². The molecule has 16 heavy (non-hydrogen) atoms. The van der Waals surface area contributed by atoms with Crippen LogP contribution >= 0.6 is 27.3 Å². The van der Waals surface area contributed by atoms with Gasteiger partial charge in [-0.15, -0.1) is 0 Å². The van der Waals surface area contributed by atoms with Crippen molar-refractivity contribution in [3.63, 3.8) is 0 Å². The maximum Gasteiger partial charge on any atom is 0.212 e. The van der Waals surface area contributed by atoms with Gasteiger partial charge in [-0.1, -0.05) is 39.4 Å². The number of halogens is 1. The van der Waals surface area contributed by atoms with Crippen molar-refractivity contribution in [1.82, 2.24) is 14.6 Å². The summed E-state index contributed by atoms with van der Waals surface area (Å²) in [7, 11) is 0. The van der Waals surface area contributed by atoms with E-state index in [9.17, 15) is 0 Å². The molecule has 0 saturated heterocycles. The molecule has 0 N–H and O–H groups in total. The quantitative estimate of drug-likeness (QED) is 0.687. The zero-order chi connectivity index (χ0) is 11.1. The van der Waals surface area contributed by atoms with E-state index in [4.69, 9.17) is 0 Å². The summed E-state index contributed by atoms with van der Waals surface area (Å²) in [5, 5.41) is 4.30. The number of benzene rings is 1. The molecule has 0 bridgehead atoms. The zero-order valence-electron chi connectivity index (χ0n) is 8.51. The summed E-state index contributed by atoms with van der Waals surface area (Å²) in [4.78, 5) is 5.42. The highest BCUT2D eigenvalue weighted by atomic mass is 79.9. The fraction of sp³-hybridized carbons (Fsp3) is 0.0909. The van der Waals surface area contributed by atoms with E-state index in [0.717, 1.165) is 26.4 Å². The van der Waals surface area contributed by atoms with E-state index in [2.05, 4.69) is 38.1 Å². The van der Waals surface area contributed by atoms with Crippen molar-refractivity contribution in [2.24, 2.45) is 0 Å². The summed E-state index contributed by atoms with van der Waals surface area (Å²) in [5.74, 6) is 0. The summed E-state index contributed by atoms with van der Waals surface area (Å²) in [5.41, 5.74) is 5.04. The first-order valence-electron chi connectivity index (χ1n) is 4.80. The first-order chi connectivity index (χ1) is 7.75. The average Bonchev–Trinajstić information content (AvgIpc) is 2.79. The Morgan fingerprint density at radius 1 is 1.25 bits per heavy atom. The molecule has 3 nitrogen and oxygen atoms in total. The van der Waals surface area contributed by atoms with Gasteiger partial charge in [0.2, 0.25) is 4.96 Å². The smallest absolute Gasteiger partial charge is 0.212 e.